The molecule has 0 N–H and O–H groups in total. The fourth-order valence-electron chi connectivity index (χ4n) is 8.01. The van der Waals surface area contributed by atoms with E-state index in [2.05, 4.69) is 66.7 Å². The molecule has 0 aliphatic heterocycles. The Labute approximate surface area is 344 Å². The van der Waals surface area contributed by atoms with Crippen LogP contribution in [0.5, 0.6) is 0 Å². The lowest BCUT2D eigenvalue weighted by molar-refractivity contribution is 1.07. The zero-order chi connectivity index (χ0) is 42.7. The Bertz CT molecular complexity index is 3820. The van der Waals surface area contributed by atoms with Gasteiger partial charge in [0.2, 0.25) is 0 Å². The molecule has 0 aliphatic rings. The van der Waals surface area contributed by atoms with Gasteiger partial charge >= 0.3 is 0 Å². The van der Waals surface area contributed by atoms with Crippen molar-refractivity contribution >= 4 is 84.8 Å². The number of para-hydroxylation sites is 2. The van der Waals surface area contributed by atoms with Crippen molar-refractivity contribution in [3.05, 3.63) is 182 Å². The summed E-state index contributed by atoms with van der Waals surface area (Å²) in [5, 5.41) is 4.99. The Morgan fingerprint density at radius 3 is 1.72 bits per heavy atom. The predicted molar refractivity (Wildman–Crippen MR) is 242 cm³/mol. The molecule has 0 saturated heterocycles. The molecule has 8 aromatic carbocycles. The first-order chi connectivity index (χ1) is 30.7. The molecule has 0 spiro atoms. The first-order valence-electron chi connectivity index (χ1n) is 21.5. The molecule has 4 aromatic heterocycles. The average Bonchev–Trinajstić information content (AvgIpc) is 4.00. The fraction of sp³-hybridized carbons (Fsp3) is 0. The van der Waals surface area contributed by atoms with E-state index < -0.39 is 0 Å². The molecule has 12 aromatic rings. The summed E-state index contributed by atoms with van der Waals surface area (Å²) < 4.78 is 60.5. The Balaban J connectivity index is 1.17. The molecule has 0 radical (unpaired) electrons. The van der Waals surface area contributed by atoms with Crippen LogP contribution in [0.25, 0.3) is 113 Å². The standard InChI is InChI=1S/C51H30N4S2/c1-2-13-31(14-3-1)49-52-50(54-51(53-49)33-26-28-39-37-17-6-10-23-45(37)56-47(39)30-33)32-25-27-36(40-19-12-20-41-38-18-7-11-24-46(38)57-48(40)41)44(29-32)55-42-21-8-4-15-34(42)35-16-5-9-22-43(35)55/h1-30H/i4D,5D,15D,16D,21D,22D. The smallest absolute Gasteiger partial charge is 0.164 e. The number of hydrogen-bond donors (Lipinski definition) is 0. The third kappa shape index (κ3) is 5.15. The maximum atomic E-state index is 9.33. The van der Waals surface area contributed by atoms with Crippen molar-refractivity contribution < 1.29 is 8.22 Å². The van der Waals surface area contributed by atoms with Crippen LogP contribution in [0.1, 0.15) is 8.22 Å². The normalized spacial score (nSPS) is 13.3. The molecule has 12 rings (SSSR count). The maximum absolute atomic E-state index is 9.33. The second-order valence-corrected chi connectivity index (χ2v) is 16.0. The van der Waals surface area contributed by atoms with Gasteiger partial charge in [-0.3, -0.25) is 0 Å². The first-order valence-corrected chi connectivity index (χ1v) is 20.2. The largest absolute Gasteiger partial charge is 0.309 e. The second-order valence-electron chi connectivity index (χ2n) is 13.9. The van der Waals surface area contributed by atoms with Gasteiger partial charge in [-0.1, -0.05) is 145 Å². The number of fused-ring (bicyclic) bond motifs is 9. The van der Waals surface area contributed by atoms with E-state index in [-0.39, 0.29) is 58.1 Å². The van der Waals surface area contributed by atoms with E-state index in [1.165, 1.54) is 27.6 Å². The molecule has 0 amide bonds. The Morgan fingerprint density at radius 1 is 0.404 bits per heavy atom. The SMILES string of the molecule is [2H]c1cc([2H])c2c(c1[2H])c1c([2H])c([2H])cc([2H])c1n2-c1cc(-c2nc(-c3ccccc3)nc(-c3ccc4c(c3)sc3ccccc34)n2)ccc1-c1cccc2c1sc1ccccc12. The van der Waals surface area contributed by atoms with Crippen molar-refractivity contribution in [2.45, 2.75) is 0 Å². The van der Waals surface area contributed by atoms with Crippen LogP contribution in [0.3, 0.4) is 0 Å². The van der Waals surface area contributed by atoms with Gasteiger partial charge in [0.25, 0.3) is 0 Å². The van der Waals surface area contributed by atoms with Gasteiger partial charge in [-0.2, -0.15) is 0 Å². The minimum absolute atomic E-state index is 0.0330. The Hall–Kier alpha value is -6.99. The van der Waals surface area contributed by atoms with Gasteiger partial charge < -0.3 is 4.57 Å². The van der Waals surface area contributed by atoms with E-state index in [9.17, 15) is 2.74 Å². The van der Waals surface area contributed by atoms with Gasteiger partial charge in [-0.15, -0.1) is 22.7 Å². The van der Waals surface area contributed by atoms with Gasteiger partial charge in [0.1, 0.15) is 0 Å². The summed E-state index contributed by atoms with van der Waals surface area (Å²) in [7, 11) is 0. The van der Waals surface area contributed by atoms with E-state index in [4.69, 9.17) is 20.4 Å². The van der Waals surface area contributed by atoms with E-state index in [1.807, 2.05) is 66.7 Å². The first kappa shape index (κ1) is 26.8. The molecule has 57 heavy (non-hydrogen) atoms. The minimum atomic E-state index is -0.170. The number of rotatable bonds is 5. The van der Waals surface area contributed by atoms with Crippen LogP contribution in [0.4, 0.5) is 0 Å². The van der Waals surface area contributed by atoms with Crippen molar-refractivity contribution in [3.8, 4) is 51.0 Å². The molecule has 0 atom stereocenters. The molecule has 0 saturated carbocycles. The van der Waals surface area contributed by atoms with Crippen LogP contribution in [0.15, 0.2) is 182 Å². The van der Waals surface area contributed by atoms with Crippen LogP contribution in [0, 0.1) is 0 Å². The van der Waals surface area contributed by atoms with Gasteiger partial charge in [-0.25, -0.2) is 15.0 Å². The minimum Gasteiger partial charge on any atom is -0.309 e. The predicted octanol–water partition coefficient (Wildman–Crippen LogP) is 14.4. The van der Waals surface area contributed by atoms with Crippen molar-refractivity contribution in [2.24, 2.45) is 0 Å². The van der Waals surface area contributed by atoms with E-state index in [0.717, 1.165) is 47.1 Å². The summed E-state index contributed by atoms with van der Waals surface area (Å²) in [5.41, 5.74) is 5.13. The van der Waals surface area contributed by atoms with Crippen LogP contribution < -0.4 is 0 Å². The third-order valence-electron chi connectivity index (χ3n) is 10.6. The van der Waals surface area contributed by atoms with E-state index in [0.29, 0.717) is 28.7 Å². The molecular formula is C51H30N4S2. The molecule has 0 fully saturated rings. The highest BCUT2D eigenvalue weighted by atomic mass is 32.1. The molecule has 4 nitrogen and oxygen atoms in total. The van der Waals surface area contributed by atoms with E-state index >= 15 is 0 Å². The number of hydrogen-bond acceptors (Lipinski definition) is 5. The van der Waals surface area contributed by atoms with E-state index in [1.54, 1.807) is 27.2 Å². The summed E-state index contributed by atoms with van der Waals surface area (Å²) >= 11 is 3.42. The van der Waals surface area contributed by atoms with Crippen molar-refractivity contribution in [1.29, 1.82) is 0 Å². The maximum Gasteiger partial charge on any atom is 0.164 e. The lowest BCUT2D eigenvalue weighted by atomic mass is 9.98. The molecule has 6 heteroatoms. The molecule has 0 aliphatic carbocycles. The lowest BCUT2D eigenvalue weighted by Gasteiger charge is -2.17. The lowest BCUT2D eigenvalue weighted by Crippen LogP contribution is -2.02. The topological polar surface area (TPSA) is 43.6 Å². The number of aromatic nitrogens is 4. The zero-order valence-electron chi connectivity index (χ0n) is 36.0. The summed E-state index contributed by atoms with van der Waals surface area (Å²) in [6, 6.07) is 46.9. The van der Waals surface area contributed by atoms with Crippen LogP contribution in [0.2, 0.25) is 0 Å². The second kappa shape index (κ2) is 12.8. The van der Waals surface area contributed by atoms with Crippen molar-refractivity contribution in [1.82, 2.24) is 19.5 Å². The number of benzene rings is 8. The summed E-state index contributed by atoms with van der Waals surface area (Å²) in [4.78, 5) is 15.3. The highest BCUT2D eigenvalue weighted by Crippen LogP contribution is 2.44. The molecule has 0 bridgehead atoms. The quantitative estimate of drug-likeness (QED) is 0.175. The van der Waals surface area contributed by atoms with Crippen molar-refractivity contribution in [2.75, 3.05) is 0 Å². The van der Waals surface area contributed by atoms with Gasteiger partial charge in [0.05, 0.1) is 24.9 Å². The molecule has 266 valence electrons. The Morgan fingerprint density at radius 2 is 0.982 bits per heavy atom. The fourth-order valence-corrected chi connectivity index (χ4v) is 10.4. The zero-order valence-corrected chi connectivity index (χ0v) is 31.6. The summed E-state index contributed by atoms with van der Waals surface area (Å²) in [6.07, 6.45) is 0. The monoisotopic (exact) mass is 768 g/mol. The van der Waals surface area contributed by atoms with Gasteiger partial charge in [0.15, 0.2) is 17.5 Å². The summed E-state index contributed by atoms with van der Waals surface area (Å²) in [5.74, 6) is 1.40. The van der Waals surface area contributed by atoms with Crippen molar-refractivity contribution in [3.63, 3.8) is 0 Å². The average molecular weight is 769 g/mol. The third-order valence-corrected chi connectivity index (χ3v) is 13.0. The molecular weight excluding hydrogens is 733 g/mol. The van der Waals surface area contributed by atoms with Crippen LogP contribution in [-0.2, 0) is 0 Å². The van der Waals surface area contributed by atoms with Crippen LogP contribution >= 0.6 is 22.7 Å². The Kier molecular flexibility index (Phi) is 6.00. The number of thiophene rings is 2. The number of nitrogens with zero attached hydrogens (tertiary/aromatic N) is 4. The highest BCUT2D eigenvalue weighted by Gasteiger charge is 2.21. The van der Waals surface area contributed by atoms with Gasteiger partial charge in [0, 0.05) is 78.9 Å². The molecule has 0 unspecified atom stereocenters. The molecule has 4 heterocycles. The highest BCUT2D eigenvalue weighted by molar-refractivity contribution is 7.26. The van der Waals surface area contributed by atoms with Crippen LogP contribution in [-0.4, -0.2) is 19.5 Å². The summed E-state index contributed by atoms with van der Waals surface area (Å²) in [6.45, 7) is 0. The van der Waals surface area contributed by atoms with Gasteiger partial charge in [-0.05, 0) is 36.4 Å².